The van der Waals surface area contributed by atoms with Crippen LogP contribution in [-0.4, -0.2) is 19.2 Å². The molecule has 0 amide bonds. The van der Waals surface area contributed by atoms with Gasteiger partial charge in [0.15, 0.2) is 4.96 Å². The lowest BCUT2D eigenvalue weighted by Crippen LogP contribution is -2.21. The second-order valence-corrected chi connectivity index (χ2v) is 6.26. The zero-order valence-electron chi connectivity index (χ0n) is 13.0. The molecular formula is C16H11FN4O3S. The average Bonchev–Trinajstić information content (AvgIpc) is 3.12. The van der Waals surface area contributed by atoms with Gasteiger partial charge in [-0.2, -0.15) is 4.68 Å². The minimum atomic E-state index is -0.677. The van der Waals surface area contributed by atoms with Crippen molar-refractivity contribution in [2.75, 3.05) is 0 Å². The lowest BCUT2D eigenvalue weighted by Gasteiger charge is -2.00. The predicted molar refractivity (Wildman–Crippen MR) is 89.3 cm³/mol. The van der Waals surface area contributed by atoms with E-state index < -0.39 is 11.6 Å². The fraction of sp³-hybridized carbons (Fsp3) is 0.125. The third-order valence-electron chi connectivity index (χ3n) is 3.64. The first-order valence-corrected chi connectivity index (χ1v) is 8.20. The van der Waals surface area contributed by atoms with Gasteiger partial charge in [-0.3, -0.25) is 9.20 Å². The molecule has 0 fully saturated rings. The molecule has 9 heteroatoms. The predicted octanol–water partition coefficient (Wildman–Crippen LogP) is 2.07. The molecule has 4 rings (SSSR count). The first-order valence-electron chi connectivity index (χ1n) is 7.32. The Morgan fingerprint density at radius 2 is 2.00 bits per heavy atom. The van der Waals surface area contributed by atoms with E-state index in [-0.39, 0.29) is 18.0 Å². The fourth-order valence-corrected chi connectivity index (χ4v) is 3.34. The molecule has 0 bridgehead atoms. The third-order valence-corrected chi connectivity index (χ3v) is 4.58. The smallest absolute Gasteiger partial charge is 0.388 e. The molecule has 0 unspecified atom stereocenters. The quantitative estimate of drug-likeness (QED) is 0.560. The standard InChI is InChI=1S/C16H11FN4O3S/c1-9-8-25-15-18-12(6-13(22)21(9)15)7-20-16(23)24-14(19-20)10-2-4-11(17)5-3-10/h2-6,8H,7H2,1H3. The molecule has 0 aliphatic rings. The van der Waals surface area contributed by atoms with Crippen LogP contribution in [0.25, 0.3) is 16.4 Å². The summed E-state index contributed by atoms with van der Waals surface area (Å²) in [6.45, 7) is 1.83. The molecule has 1 aromatic carbocycles. The molecule has 3 aromatic heterocycles. The summed E-state index contributed by atoms with van der Waals surface area (Å²) in [5, 5.41) is 5.93. The molecule has 3 heterocycles. The van der Waals surface area contributed by atoms with Gasteiger partial charge >= 0.3 is 5.76 Å². The topological polar surface area (TPSA) is 82.4 Å². The zero-order chi connectivity index (χ0) is 17.6. The van der Waals surface area contributed by atoms with Crippen LogP contribution < -0.4 is 11.3 Å². The molecule has 4 aromatic rings. The summed E-state index contributed by atoms with van der Waals surface area (Å²) in [4.78, 5) is 29.1. The summed E-state index contributed by atoms with van der Waals surface area (Å²) < 4.78 is 20.7. The van der Waals surface area contributed by atoms with E-state index in [1.807, 2.05) is 12.3 Å². The fourth-order valence-electron chi connectivity index (χ4n) is 2.45. The number of benzene rings is 1. The van der Waals surface area contributed by atoms with Crippen molar-refractivity contribution in [3.63, 3.8) is 0 Å². The van der Waals surface area contributed by atoms with Crippen molar-refractivity contribution in [2.45, 2.75) is 13.5 Å². The Bertz CT molecular complexity index is 1190. The first kappa shape index (κ1) is 15.5. The lowest BCUT2D eigenvalue weighted by molar-refractivity contribution is 0.493. The number of fused-ring (bicyclic) bond motifs is 1. The average molecular weight is 358 g/mol. The molecule has 0 radical (unpaired) electrons. The monoisotopic (exact) mass is 358 g/mol. The summed E-state index contributed by atoms with van der Waals surface area (Å²) in [7, 11) is 0. The highest BCUT2D eigenvalue weighted by atomic mass is 32.1. The first-order chi connectivity index (χ1) is 12.0. The van der Waals surface area contributed by atoms with Crippen LogP contribution in [-0.2, 0) is 6.54 Å². The molecule has 0 saturated carbocycles. The van der Waals surface area contributed by atoms with Gasteiger partial charge in [0.05, 0.1) is 12.2 Å². The van der Waals surface area contributed by atoms with Crippen molar-refractivity contribution in [3.05, 3.63) is 73.8 Å². The van der Waals surface area contributed by atoms with Gasteiger partial charge in [-0.05, 0) is 31.2 Å². The summed E-state index contributed by atoms with van der Waals surface area (Å²) in [5.41, 5.74) is 1.48. The number of rotatable bonds is 3. The van der Waals surface area contributed by atoms with Crippen molar-refractivity contribution in [1.82, 2.24) is 19.2 Å². The molecule has 0 saturated heterocycles. The van der Waals surface area contributed by atoms with Crippen LogP contribution in [0.4, 0.5) is 4.39 Å². The van der Waals surface area contributed by atoms with Crippen LogP contribution in [0.3, 0.4) is 0 Å². The molecule has 7 nitrogen and oxygen atoms in total. The molecule has 0 aliphatic heterocycles. The van der Waals surface area contributed by atoms with E-state index >= 15 is 0 Å². The maximum atomic E-state index is 13.0. The van der Waals surface area contributed by atoms with E-state index in [0.717, 1.165) is 10.4 Å². The number of aromatic nitrogens is 4. The van der Waals surface area contributed by atoms with Crippen molar-refractivity contribution in [2.24, 2.45) is 0 Å². The van der Waals surface area contributed by atoms with E-state index in [9.17, 15) is 14.0 Å². The largest absolute Gasteiger partial charge is 0.437 e. The number of hydrogen-bond acceptors (Lipinski definition) is 6. The van der Waals surface area contributed by atoms with Gasteiger partial charge in [-0.15, -0.1) is 16.4 Å². The van der Waals surface area contributed by atoms with E-state index in [1.54, 1.807) is 0 Å². The highest BCUT2D eigenvalue weighted by Crippen LogP contribution is 2.16. The van der Waals surface area contributed by atoms with E-state index in [2.05, 4.69) is 10.1 Å². The van der Waals surface area contributed by atoms with Gasteiger partial charge in [0.25, 0.3) is 5.56 Å². The van der Waals surface area contributed by atoms with Gasteiger partial charge in [0.2, 0.25) is 5.89 Å². The maximum Gasteiger partial charge on any atom is 0.437 e. The van der Waals surface area contributed by atoms with Gasteiger partial charge in [-0.25, -0.2) is 14.2 Å². The minimum absolute atomic E-state index is 0.00617. The Morgan fingerprint density at radius 3 is 2.76 bits per heavy atom. The highest BCUT2D eigenvalue weighted by molar-refractivity contribution is 7.15. The second-order valence-electron chi connectivity index (χ2n) is 5.42. The molecule has 0 N–H and O–H groups in total. The summed E-state index contributed by atoms with van der Waals surface area (Å²) in [6.07, 6.45) is 0. The third kappa shape index (κ3) is 2.78. The Kier molecular flexibility index (Phi) is 3.57. The van der Waals surface area contributed by atoms with E-state index in [0.29, 0.717) is 16.2 Å². The SMILES string of the molecule is Cc1csc2nc(Cn3nc(-c4ccc(F)cc4)oc3=O)cc(=O)n12. The van der Waals surface area contributed by atoms with Gasteiger partial charge < -0.3 is 4.42 Å². The van der Waals surface area contributed by atoms with Crippen LogP contribution in [0.15, 0.2) is 49.7 Å². The Labute approximate surface area is 143 Å². The van der Waals surface area contributed by atoms with Crippen LogP contribution >= 0.6 is 11.3 Å². The summed E-state index contributed by atoms with van der Waals surface area (Å²) in [6, 6.07) is 6.81. The normalized spacial score (nSPS) is 11.3. The summed E-state index contributed by atoms with van der Waals surface area (Å²) >= 11 is 1.35. The second kappa shape index (κ2) is 5.78. The van der Waals surface area contributed by atoms with E-state index in [4.69, 9.17) is 4.42 Å². The Balaban J connectivity index is 1.71. The molecule has 0 atom stereocenters. The number of thiazole rings is 1. The molecule has 0 aliphatic carbocycles. The molecule has 25 heavy (non-hydrogen) atoms. The van der Waals surface area contributed by atoms with Crippen molar-refractivity contribution in [1.29, 1.82) is 0 Å². The van der Waals surface area contributed by atoms with Crippen LogP contribution in [0.1, 0.15) is 11.4 Å². The van der Waals surface area contributed by atoms with Crippen LogP contribution in [0.5, 0.6) is 0 Å². The molecule has 126 valence electrons. The Morgan fingerprint density at radius 1 is 1.24 bits per heavy atom. The lowest BCUT2D eigenvalue weighted by atomic mass is 10.2. The van der Waals surface area contributed by atoms with Crippen molar-refractivity contribution in [3.8, 4) is 11.5 Å². The molecule has 0 spiro atoms. The highest BCUT2D eigenvalue weighted by Gasteiger charge is 2.13. The maximum absolute atomic E-state index is 13.0. The number of halogens is 1. The van der Waals surface area contributed by atoms with Gasteiger partial charge in [0, 0.05) is 22.7 Å². The van der Waals surface area contributed by atoms with Gasteiger partial charge in [0.1, 0.15) is 5.82 Å². The Hall–Kier alpha value is -3.07. The van der Waals surface area contributed by atoms with Crippen molar-refractivity contribution < 1.29 is 8.81 Å². The molecular weight excluding hydrogens is 347 g/mol. The number of hydrogen-bond donors (Lipinski definition) is 0. The number of aryl methyl sites for hydroxylation is 1. The zero-order valence-corrected chi connectivity index (χ0v) is 13.8. The van der Waals surface area contributed by atoms with E-state index in [1.165, 1.54) is 46.1 Å². The van der Waals surface area contributed by atoms with Crippen molar-refractivity contribution >= 4 is 16.3 Å². The summed E-state index contributed by atoms with van der Waals surface area (Å²) in [5.74, 6) is -0.992. The van der Waals surface area contributed by atoms with Gasteiger partial charge in [-0.1, -0.05) is 0 Å². The number of nitrogens with zero attached hydrogens (tertiary/aromatic N) is 4. The minimum Gasteiger partial charge on any atom is -0.388 e. The van der Waals surface area contributed by atoms with Crippen LogP contribution in [0.2, 0.25) is 0 Å². The van der Waals surface area contributed by atoms with Crippen LogP contribution in [0, 0.1) is 12.7 Å².